The number of likely N-dealkylation sites (tertiary alicyclic amines) is 2. The molecule has 2 aliphatic rings. The van der Waals surface area contributed by atoms with Crippen LogP contribution >= 0.6 is 0 Å². The van der Waals surface area contributed by atoms with Gasteiger partial charge in [-0.1, -0.05) is 13.8 Å². The van der Waals surface area contributed by atoms with Crippen LogP contribution in [-0.4, -0.2) is 209 Å². The molecule has 0 unspecified atom stereocenters. The molecule has 2 aliphatic heterocycles. The highest BCUT2D eigenvalue weighted by molar-refractivity contribution is 6.00. The van der Waals surface area contributed by atoms with Gasteiger partial charge in [0.25, 0.3) is 0 Å². The van der Waals surface area contributed by atoms with E-state index in [2.05, 4.69) is 21.3 Å². The van der Waals surface area contributed by atoms with E-state index in [-0.39, 0.29) is 57.5 Å². The lowest BCUT2D eigenvalue weighted by molar-refractivity contribution is -0.147. The second-order valence-electron chi connectivity index (χ2n) is 19.5. The van der Waals surface area contributed by atoms with Gasteiger partial charge in [0, 0.05) is 38.8 Å². The smallest absolute Gasteiger partial charge is 0.326 e. The zero-order valence-corrected chi connectivity index (χ0v) is 44.1. The summed E-state index contributed by atoms with van der Waals surface area (Å²) in [6, 6.07) is -16.1. The van der Waals surface area contributed by atoms with Crippen LogP contribution in [-0.2, 0) is 76.7 Å². The summed E-state index contributed by atoms with van der Waals surface area (Å²) < 4.78 is 0. The molecule has 0 saturated carbocycles. The van der Waals surface area contributed by atoms with Gasteiger partial charge in [0.15, 0.2) is 0 Å². The predicted molar refractivity (Wildman–Crippen MR) is 267 cm³/mol. The van der Waals surface area contributed by atoms with Gasteiger partial charge in [0.05, 0.1) is 18.9 Å². The summed E-state index contributed by atoms with van der Waals surface area (Å²) in [5, 5.41) is 71.7. The van der Waals surface area contributed by atoms with Crippen molar-refractivity contribution in [3.8, 4) is 0 Å². The van der Waals surface area contributed by atoms with E-state index in [1.807, 2.05) is 16.0 Å². The lowest BCUT2D eigenvalue weighted by atomic mass is 10.0. The maximum Gasteiger partial charge on any atom is 0.326 e. The molecule has 33 heteroatoms. The van der Waals surface area contributed by atoms with Gasteiger partial charge in [0.2, 0.25) is 59.1 Å². The summed E-state index contributed by atoms with van der Waals surface area (Å²) in [6.45, 7) is 4.65. The fraction of sp³-hybridized carbons (Fsp3) is 0.660. The topological polar surface area (TPSA) is 537 Å². The highest BCUT2D eigenvalue weighted by Crippen LogP contribution is 2.22. The molecule has 10 atom stereocenters. The minimum Gasteiger partial charge on any atom is -0.481 e. The molecule has 17 N–H and O–H groups in total. The van der Waals surface area contributed by atoms with E-state index in [9.17, 15) is 102 Å². The molecule has 80 heavy (non-hydrogen) atoms. The first-order chi connectivity index (χ1) is 37.3. The molecule has 2 rings (SSSR count). The van der Waals surface area contributed by atoms with Crippen LogP contribution < -0.4 is 48.7 Å². The molecule has 0 aromatic carbocycles. The van der Waals surface area contributed by atoms with Crippen molar-refractivity contribution in [1.82, 2.24) is 47.0 Å². The van der Waals surface area contributed by atoms with Crippen molar-refractivity contribution in [2.24, 2.45) is 17.4 Å². The van der Waals surface area contributed by atoms with Crippen LogP contribution in [0.4, 0.5) is 0 Å². The fourth-order valence-corrected chi connectivity index (χ4v) is 8.56. The number of nitrogens with zero attached hydrogens (tertiary/aromatic N) is 2. The van der Waals surface area contributed by atoms with E-state index < -0.39 is 207 Å². The SMILES string of the molecule is CC(C)C[C@H](NC(=O)[C@H](CCC(=O)O)NC(=O)[C@@H]1CCCN1C(=O)[C@@H](N)CCC(N)=O)C(=O)N[C@@H](C)C(=O)N1CCC[C@H]1C(=O)N[C@@H](CCC(=O)O)C(=O)N[C@@H](CC(=O)O)C(=O)N[C@@H](CCC(=O)O)C(=O)N[C@@H](CC(=O)O)C(=O)O. The first-order valence-electron chi connectivity index (χ1n) is 25.4. The third-order valence-electron chi connectivity index (χ3n) is 12.6. The van der Waals surface area contributed by atoms with Gasteiger partial charge in [0.1, 0.15) is 54.4 Å². The van der Waals surface area contributed by atoms with Gasteiger partial charge in [-0.25, -0.2) is 4.79 Å². The molecule has 0 aromatic heterocycles. The number of amides is 10. The molecule has 0 spiro atoms. The third-order valence-corrected chi connectivity index (χ3v) is 12.6. The number of hydrogen-bond acceptors (Lipinski definition) is 17. The molecule has 446 valence electrons. The minimum atomic E-state index is -2.14. The Morgan fingerprint density at radius 3 is 1.21 bits per heavy atom. The molecule has 10 amide bonds. The molecule has 2 fully saturated rings. The van der Waals surface area contributed by atoms with Crippen LogP contribution in [0.2, 0.25) is 0 Å². The van der Waals surface area contributed by atoms with E-state index in [1.165, 1.54) is 11.8 Å². The van der Waals surface area contributed by atoms with Crippen LogP contribution in [0.5, 0.6) is 0 Å². The normalized spacial score (nSPS) is 17.8. The van der Waals surface area contributed by atoms with E-state index in [0.717, 1.165) is 4.90 Å². The zero-order valence-electron chi connectivity index (χ0n) is 44.1. The van der Waals surface area contributed by atoms with Gasteiger partial charge in [-0.3, -0.25) is 71.9 Å². The number of rotatable bonds is 35. The van der Waals surface area contributed by atoms with Gasteiger partial charge in [-0.05, 0) is 70.6 Å². The second kappa shape index (κ2) is 32.4. The van der Waals surface area contributed by atoms with Crippen molar-refractivity contribution in [2.75, 3.05) is 13.1 Å². The highest BCUT2D eigenvalue weighted by atomic mass is 16.4. The van der Waals surface area contributed by atoms with Crippen LogP contribution in [0.3, 0.4) is 0 Å². The number of carbonyl (C=O) groups excluding carboxylic acids is 10. The van der Waals surface area contributed by atoms with Crippen molar-refractivity contribution in [3.05, 3.63) is 0 Å². The summed E-state index contributed by atoms with van der Waals surface area (Å²) in [4.78, 5) is 205. The molecule has 0 aliphatic carbocycles. The van der Waals surface area contributed by atoms with Crippen LogP contribution in [0.1, 0.15) is 117 Å². The molecule has 0 bridgehead atoms. The quantitative estimate of drug-likeness (QED) is 0.0282. The highest BCUT2D eigenvalue weighted by Gasteiger charge is 2.41. The first kappa shape index (κ1) is 67.6. The summed E-state index contributed by atoms with van der Waals surface area (Å²) in [6.07, 6.45) is -6.25. The van der Waals surface area contributed by atoms with Gasteiger partial charge in [-0.2, -0.15) is 0 Å². The summed E-state index contributed by atoms with van der Waals surface area (Å²) >= 11 is 0. The molecule has 2 heterocycles. The average Bonchev–Trinajstić information content (AvgIpc) is 4.06. The largest absolute Gasteiger partial charge is 0.481 e. The molecule has 2 saturated heterocycles. The Labute approximate surface area is 456 Å². The predicted octanol–water partition coefficient (Wildman–Crippen LogP) is -5.35. The van der Waals surface area contributed by atoms with Crippen molar-refractivity contribution >= 4 is 94.9 Å². The molecule has 33 nitrogen and oxygen atoms in total. The molecule has 0 aromatic rings. The Kier molecular flexibility index (Phi) is 27.4. The number of carboxylic acid groups (broad SMARTS) is 6. The Hall–Kier alpha value is -8.52. The zero-order chi connectivity index (χ0) is 60.7. The number of primary amides is 1. The Morgan fingerprint density at radius 1 is 0.450 bits per heavy atom. The number of hydrogen-bond donors (Lipinski definition) is 15. The standard InChI is InChI=1S/C47H71N11O22/c1-21(2)18-27(54-38(70)25(10-14-34(62)63)53-44(76)31-7-5-17-58(31)46(78)23(48)8-12-32(49)59)41(73)50-22(3)45(77)57-16-4-6-30(57)43(75)52-26(11-15-35(64)65)39(71)55-28(19-36(66)67)42(74)51-24(9-13-33(60)61)40(72)56-29(47(79)80)20-37(68)69/h21-31H,4-20,48H2,1-3H3,(H2,49,59)(H,50,73)(H,51,74)(H,52,75)(H,53,76)(H,54,70)(H,55,71)(H,56,72)(H,60,61)(H,62,63)(H,64,65)(H,66,67)(H,68,69)(H,79,80)/t22-,23-,24-,25-,26-,27-,28-,29-,30-,31-/m0/s1. The lowest BCUT2D eigenvalue weighted by Crippen LogP contribution is -2.60. The van der Waals surface area contributed by atoms with Crippen molar-refractivity contribution in [2.45, 2.75) is 178 Å². The Bertz CT molecular complexity index is 2370. The van der Waals surface area contributed by atoms with Gasteiger partial charge in [-0.15, -0.1) is 0 Å². The third kappa shape index (κ3) is 22.8. The number of nitrogens with one attached hydrogen (secondary N) is 7. The van der Waals surface area contributed by atoms with Gasteiger partial charge >= 0.3 is 35.8 Å². The monoisotopic (exact) mass is 1140 g/mol. The number of carbonyl (C=O) groups is 16. The van der Waals surface area contributed by atoms with E-state index >= 15 is 0 Å². The molecule has 0 radical (unpaired) electrons. The molecular weight excluding hydrogens is 1070 g/mol. The van der Waals surface area contributed by atoms with Gasteiger partial charge < -0.3 is 89.1 Å². The van der Waals surface area contributed by atoms with E-state index in [4.69, 9.17) is 16.6 Å². The Morgan fingerprint density at radius 2 is 0.812 bits per heavy atom. The first-order valence-corrected chi connectivity index (χ1v) is 25.4. The van der Waals surface area contributed by atoms with Crippen molar-refractivity contribution in [3.63, 3.8) is 0 Å². The number of nitrogens with two attached hydrogens (primary N) is 2. The summed E-state index contributed by atoms with van der Waals surface area (Å²) in [5.74, 6) is -20.1. The summed E-state index contributed by atoms with van der Waals surface area (Å²) in [5.41, 5.74) is 11.1. The second-order valence-corrected chi connectivity index (χ2v) is 19.5. The maximum atomic E-state index is 14.0. The maximum absolute atomic E-state index is 14.0. The van der Waals surface area contributed by atoms with Crippen molar-refractivity contribution < 1.29 is 107 Å². The Balaban J connectivity index is 2.30. The molecular formula is C47H71N11O22. The van der Waals surface area contributed by atoms with E-state index in [1.54, 1.807) is 13.8 Å². The summed E-state index contributed by atoms with van der Waals surface area (Å²) in [7, 11) is 0. The van der Waals surface area contributed by atoms with Crippen LogP contribution in [0, 0.1) is 5.92 Å². The van der Waals surface area contributed by atoms with E-state index in [0.29, 0.717) is 6.42 Å². The average molecular weight is 1140 g/mol. The van der Waals surface area contributed by atoms with Crippen molar-refractivity contribution in [1.29, 1.82) is 0 Å². The number of carboxylic acids is 6. The minimum absolute atomic E-state index is 0.0467. The van der Waals surface area contributed by atoms with Crippen LogP contribution in [0.15, 0.2) is 0 Å². The number of aliphatic carboxylic acids is 6. The fourth-order valence-electron chi connectivity index (χ4n) is 8.56. The lowest BCUT2D eigenvalue weighted by Gasteiger charge is -2.30. The van der Waals surface area contributed by atoms with Crippen LogP contribution in [0.25, 0.3) is 0 Å².